The number of nitrogens with one attached hydrogen (secondary N) is 1. The zero-order valence-corrected chi connectivity index (χ0v) is 12.2. The zero-order valence-electron chi connectivity index (χ0n) is 12.2. The number of nitriles is 1. The third kappa shape index (κ3) is 3.49. The molecule has 20 heavy (non-hydrogen) atoms. The van der Waals surface area contributed by atoms with Gasteiger partial charge in [0.1, 0.15) is 5.82 Å². The Morgan fingerprint density at radius 1 is 1.45 bits per heavy atom. The SMILES string of the molecule is CC(C)N(CC1CCCCN1)c1ccc(C#N)cc1F. The van der Waals surface area contributed by atoms with Crippen LogP contribution in [0.15, 0.2) is 18.2 Å². The highest BCUT2D eigenvalue weighted by atomic mass is 19.1. The third-order valence-electron chi connectivity index (χ3n) is 3.84. The fraction of sp³-hybridized carbons (Fsp3) is 0.562. The molecule has 1 atom stereocenters. The van der Waals surface area contributed by atoms with Gasteiger partial charge in [0, 0.05) is 18.6 Å². The number of rotatable bonds is 4. The van der Waals surface area contributed by atoms with Crippen LogP contribution in [0.1, 0.15) is 38.7 Å². The lowest BCUT2D eigenvalue weighted by atomic mass is 10.0. The first-order valence-corrected chi connectivity index (χ1v) is 7.31. The molecule has 3 nitrogen and oxygen atoms in total. The molecule has 1 N–H and O–H groups in total. The fourth-order valence-electron chi connectivity index (χ4n) is 2.71. The van der Waals surface area contributed by atoms with Gasteiger partial charge in [-0.05, 0) is 51.4 Å². The molecule has 1 aliphatic rings. The van der Waals surface area contributed by atoms with Crippen LogP contribution in [0, 0.1) is 17.1 Å². The van der Waals surface area contributed by atoms with Crippen LogP contribution < -0.4 is 10.2 Å². The number of hydrogen-bond acceptors (Lipinski definition) is 3. The van der Waals surface area contributed by atoms with Crippen LogP contribution in [0.2, 0.25) is 0 Å². The van der Waals surface area contributed by atoms with Gasteiger partial charge in [-0.3, -0.25) is 0 Å². The van der Waals surface area contributed by atoms with Gasteiger partial charge in [-0.2, -0.15) is 5.26 Å². The van der Waals surface area contributed by atoms with E-state index in [1.807, 2.05) is 6.07 Å². The van der Waals surface area contributed by atoms with Crippen LogP contribution in [0.25, 0.3) is 0 Å². The lowest BCUT2D eigenvalue weighted by Crippen LogP contribution is -2.46. The Labute approximate surface area is 120 Å². The van der Waals surface area contributed by atoms with Crippen molar-refractivity contribution in [2.24, 2.45) is 0 Å². The van der Waals surface area contributed by atoms with E-state index < -0.39 is 0 Å². The number of anilines is 1. The zero-order chi connectivity index (χ0) is 14.5. The van der Waals surface area contributed by atoms with Crippen molar-refractivity contribution < 1.29 is 4.39 Å². The highest BCUT2D eigenvalue weighted by Crippen LogP contribution is 2.24. The standard InChI is InChI=1S/C16H22FN3/c1-12(2)20(11-14-5-3-4-8-19-14)16-7-6-13(10-18)9-15(16)17/h6-7,9,12,14,19H,3-5,8,11H2,1-2H3. The third-order valence-corrected chi connectivity index (χ3v) is 3.84. The number of piperidine rings is 1. The summed E-state index contributed by atoms with van der Waals surface area (Å²) in [5.41, 5.74) is 0.956. The maximum absolute atomic E-state index is 14.2. The number of halogens is 1. The van der Waals surface area contributed by atoms with Crippen molar-refractivity contribution in [2.45, 2.75) is 45.2 Å². The van der Waals surface area contributed by atoms with Gasteiger partial charge in [0.05, 0.1) is 17.3 Å². The summed E-state index contributed by atoms with van der Waals surface area (Å²) in [7, 11) is 0. The molecule has 2 rings (SSSR count). The van der Waals surface area contributed by atoms with Crippen molar-refractivity contribution in [2.75, 3.05) is 18.0 Å². The van der Waals surface area contributed by atoms with Gasteiger partial charge in [-0.25, -0.2) is 4.39 Å². The van der Waals surface area contributed by atoms with Crippen LogP contribution in [0.5, 0.6) is 0 Å². The van der Waals surface area contributed by atoms with Crippen LogP contribution in [0.3, 0.4) is 0 Å². The Bertz CT molecular complexity index is 487. The lowest BCUT2D eigenvalue weighted by Gasteiger charge is -2.35. The van der Waals surface area contributed by atoms with E-state index in [1.165, 1.54) is 18.9 Å². The first kappa shape index (κ1) is 14.8. The van der Waals surface area contributed by atoms with Crippen LogP contribution >= 0.6 is 0 Å². The minimum Gasteiger partial charge on any atom is -0.365 e. The predicted octanol–water partition coefficient (Wildman–Crippen LogP) is 3.05. The number of benzene rings is 1. The summed E-state index contributed by atoms with van der Waals surface area (Å²) in [5, 5.41) is 12.3. The summed E-state index contributed by atoms with van der Waals surface area (Å²) < 4.78 is 14.2. The average Bonchev–Trinajstić information content (AvgIpc) is 2.46. The molecule has 0 aromatic heterocycles. The second-order valence-corrected chi connectivity index (χ2v) is 5.67. The molecule has 0 saturated carbocycles. The molecule has 0 spiro atoms. The van der Waals surface area contributed by atoms with Crippen molar-refractivity contribution in [1.29, 1.82) is 5.26 Å². The van der Waals surface area contributed by atoms with Crippen molar-refractivity contribution >= 4 is 5.69 Å². The van der Waals surface area contributed by atoms with Crippen LogP contribution in [0.4, 0.5) is 10.1 Å². The molecular formula is C16H22FN3. The molecular weight excluding hydrogens is 253 g/mol. The van der Waals surface area contributed by atoms with E-state index >= 15 is 0 Å². The Balaban J connectivity index is 2.17. The molecule has 1 fully saturated rings. The minimum atomic E-state index is -0.312. The summed E-state index contributed by atoms with van der Waals surface area (Å²) >= 11 is 0. The molecule has 1 heterocycles. The van der Waals surface area contributed by atoms with E-state index in [2.05, 4.69) is 24.1 Å². The van der Waals surface area contributed by atoms with E-state index in [0.29, 0.717) is 17.3 Å². The average molecular weight is 275 g/mol. The molecule has 0 radical (unpaired) electrons. The van der Waals surface area contributed by atoms with Crippen molar-refractivity contribution in [3.05, 3.63) is 29.6 Å². The van der Waals surface area contributed by atoms with Gasteiger partial charge in [0.2, 0.25) is 0 Å². The van der Waals surface area contributed by atoms with E-state index in [-0.39, 0.29) is 11.9 Å². The van der Waals surface area contributed by atoms with Gasteiger partial charge >= 0.3 is 0 Å². The second-order valence-electron chi connectivity index (χ2n) is 5.67. The van der Waals surface area contributed by atoms with Crippen LogP contribution in [-0.2, 0) is 0 Å². The summed E-state index contributed by atoms with van der Waals surface area (Å²) in [4.78, 5) is 2.08. The second kappa shape index (κ2) is 6.71. The summed E-state index contributed by atoms with van der Waals surface area (Å²) in [6.45, 7) is 5.99. The number of nitrogens with zero attached hydrogens (tertiary/aromatic N) is 2. The summed E-state index contributed by atoms with van der Waals surface area (Å²) in [6.07, 6.45) is 3.60. The molecule has 1 unspecified atom stereocenters. The maximum Gasteiger partial charge on any atom is 0.147 e. The normalized spacial score (nSPS) is 18.9. The molecule has 108 valence electrons. The Kier molecular flexibility index (Phi) is 4.97. The monoisotopic (exact) mass is 275 g/mol. The van der Waals surface area contributed by atoms with Gasteiger partial charge in [-0.15, -0.1) is 0 Å². The molecule has 1 aliphatic heterocycles. The molecule has 1 aromatic carbocycles. The minimum absolute atomic E-state index is 0.223. The van der Waals surface area contributed by atoms with Crippen LogP contribution in [-0.4, -0.2) is 25.2 Å². The Morgan fingerprint density at radius 3 is 2.80 bits per heavy atom. The van der Waals surface area contributed by atoms with Gasteiger partial charge < -0.3 is 10.2 Å². The summed E-state index contributed by atoms with van der Waals surface area (Å²) in [5.74, 6) is -0.312. The fourth-order valence-corrected chi connectivity index (χ4v) is 2.71. The highest BCUT2D eigenvalue weighted by molar-refractivity contribution is 5.52. The first-order valence-electron chi connectivity index (χ1n) is 7.31. The highest BCUT2D eigenvalue weighted by Gasteiger charge is 2.21. The molecule has 0 aliphatic carbocycles. The van der Waals surface area contributed by atoms with Crippen molar-refractivity contribution in [1.82, 2.24) is 5.32 Å². The molecule has 0 bridgehead atoms. The smallest absolute Gasteiger partial charge is 0.147 e. The van der Waals surface area contributed by atoms with E-state index in [9.17, 15) is 4.39 Å². The molecule has 1 saturated heterocycles. The maximum atomic E-state index is 14.2. The lowest BCUT2D eigenvalue weighted by molar-refractivity contribution is 0.392. The van der Waals surface area contributed by atoms with E-state index in [0.717, 1.165) is 19.5 Å². The molecule has 4 heteroatoms. The largest absolute Gasteiger partial charge is 0.365 e. The van der Waals surface area contributed by atoms with Crippen molar-refractivity contribution in [3.8, 4) is 6.07 Å². The quantitative estimate of drug-likeness (QED) is 0.918. The first-order chi connectivity index (χ1) is 9.61. The Hall–Kier alpha value is -1.60. The topological polar surface area (TPSA) is 39.1 Å². The van der Waals surface area contributed by atoms with E-state index in [1.54, 1.807) is 12.1 Å². The molecule has 0 amide bonds. The van der Waals surface area contributed by atoms with E-state index in [4.69, 9.17) is 5.26 Å². The predicted molar refractivity (Wildman–Crippen MR) is 79.2 cm³/mol. The van der Waals surface area contributed by atoms with Gasteiger partial charge in [0.15, 0.2) is 0 Å². The van der Waals surface area contributed by atoms with Crippen molar-refractivity contribution in [3.63, 3.8) is 0 Å². The summed E-state index contributed by atoms with van der Waals surface area (Å²) in [6, 6.07) is 7.33. The van der Waals surface area contributed by atoms with Gasteiger partial charge in [0.25, 0.3) is 0 Å². The molecule has 1 aromatic rings. The number of hydrogen-bond donors (Lipinski definition) is 1. The Morgan fingerprint density at radius 2 is 2.25 bits per heavy atom. The van der Waals surface area contributed by atoms with Gasteiger partial charge in [-0.1, -0.05) is 6.42 Å².